The van der Waals surface area contributed by atoms with Crippen LogP contribution in [0.15, 0.2) is 54.6 Å². The largest absolute Gasteiger partial charge is 0.371 e. The van der Waals surface area contributed by atoms with Crippen LogP contribution in [0.5, 0.6) is 0 Å². The molecule has 6 rings (SSSR count). The summed E-state index contributed by atoms with van der Waals surface area (Å²) in [6.45, 7) is 7.16. The molecule has 4 aliphatic rings. The summed E-state index contributed by atoms with van der Waals surface area (Å²) in [5.41, 5.74) is 1.43. The summed E-state index contributed by atoms with van der Waals surface area (Å²) in [4.78, 5) is 21.3. The molecule has 2 amide bonds. The minimum absolute atomic E-state index is 0.0381. The van der Waals surface area contributed by atoms with Gasteiger partial charge in [-0.25, -0.2) is 13.2 Å². The molecule has 0 unspecified atom stereocenters. The molecule has 8 heteroatoms. The first-order valence-corrected chi connectivity index (χ1v) is 18.7. The van der Waals surface area contributed by atoms with Crippen molar-refractivity contribution in [3.8, 4) is 0 Å². The van der Waals surface area contributed by atoms with E-state index in [-0.39, 0.29) is 29.0 Å². The van der Waals surface area contributed by atoms with Gasteiger partial charge in [0.15, 0.2) is 0 Å². The Bertz CT molecular complexity index is 1450. The maximum absolute atomic E-state index is 14.7. The van der Waals surface area contributed by atoms with Gasteiger partial charge in [0.05, 0.1) is 28.1 Å². The van der Waals surface area contributed by atoms with Gasteiger partial charge in [-0.1, -0.05) is 62.4 Å². The van der Waals surface area contributed by atoms with Crippen LogP contribution in [0.2, 0.25) is 0 Å². The van der Waals surface area contributed by atoms with Crippen LogP contribution in [0.4, 0.5) is 10.5 Å². The molecule has 2 aromatic carbocycles. The van der Waals surface area contributed by atoms with Crippen molar-refractivity contribution in [3.63, 3.8) is 0 Å². The Balaban J connectivity index is 1.42. The van der Waals surface area contributed by atoms with E-state index in [0.29, 0.717) is 32.2 Å². The van der Waals surface area contributed by atoms with Crippen molar-refractivity contribution in [3.05, 3.63) is 65.7 Å². The van der Waals surface area contributed by atoms with Crippen LogP contribution >= 0.6 is 0 Å². The minimum Gasteiger partial charge on any atom is -0.371 e. The summed E-state index contributed by atoms with van der Waals surface area (Å²) in [7, 11) is -0.768. The minimum atomic E-state index is -2.99. The smallest absolute Gasteiger partial charge is 0.323 e. The zero-order chi connectivity index (χ0) is 31.4. The number of aryl methyl sites for hydroxylation is 1. The Labute approximate surface area is 264 Å². The fourth-order valence-corrected chi connectivity index (χ4v) is 11.3. The van der Waals surface area contributed by atoms with Crippen LogP contribution in [0.1, 0.15) is 95.6 Å². The summed E-state index contributed by atoms with van der Waals surface area (Å²) in [5, 5.41) is 12.1. The second-order valence-electron chi connectivity index (χ2n) is 14.2. The van der Waals surface area contributed by atoms with E-state index in [9.17, 15) is 18.3 Å². The average Bonchev–Trinajstić information content (AvgIpc) is 3.21. The molecular weight excluding hydrogens is 570 g/mol. The van der Waals surface area contributed by atoms with Gasteiger partial charge in [0.25, 0.3) is 0 Å². The number of aliphatic hydroxyl groups is 1. The van der Waals surface area contributed by atoms with Gasteiger partial charge in [-0.3, -0.25) is 4.90 Å². The zero-order valence-corrected chi connectivity index (χ0v) is 27.9. The Morgan fingerprint density at radius 3 is 2.02 bits per heavy atom. The molecule has 4 fully saturated rings. The summed E-state index contributed by atoms with van der Waals surface area (Å²) in [5.74, 6) is 0.565. The van der Waals surface area contributed by atoms with Gasteiger partial charge in [0.1, 0.15) is 15.6 Å². The molecule has 1 spiro atoms. The highest BCUT2D eigenvalue weighted by Gasteiger charge is 2.71. The van der Waals surface area contributed by atoms with Crippen molar-refractivity contribution in [2.45, 2.75) is 114 Å². The van der Waals surface area contributed by atoms with E-state index in [1.54, 1.807) is 0 Å². The number of amides is 2. The molecule has 7 nitrogen and oxygen atoms in total. The van der Waals surface area contributed by atoms with Gasteiger partial charge in [-0.15, -0.1) is 0 Å². The lowest BCUT2D eigenvalue weighted by Gasteiger charge is -2.61. The highest BCUT2D eigenvalue weighted by molar-refractivity contribution is 7.91. The van der Waals surface area contributed by atoms with Crippen molar-refractivity contribution in [1.29, 1.82) is 0 Å². The fourth-order valence-electron chi connectivity index (χ4n) is 9.66. The second-order valence-corrected chi connectivity index (χ2v) is 16.5. The third kappa shape index (κ3) is 4.69. The summed E-state index contributed by atoms with van der Waals surface area (Å²) in [6.07, 6.45) is 8.28. The van der Waals surface area contributed by atoms with Crippen molar-refractivity contribution in [2.75, 3.05) is 30.0 Å². The van der Waals surface area contributed by atoms with Crippen LogP contribution in [0.25, 0.3) is 0 Å². The number of benzene rings is 2. The molecule has 0 aromatic heterocycles. The molecule has 1 N–H and O–H groups in total. The van der Waals surface area contributed by atoms with E-state index >= 15 is 0 Å². The molecule has 2 aliphatic heterocycles. The normalized spacial score (nSPS) is 25.2. The van der Waals surface area contributed by atoms with E-state index < -0.39 is 26.6 Å². The first kappa shape index (κ1) is 31.4. The highest BCUT2D eigenvalue weighted by atomic mass is 32.2. The quantitative estimate of drug-likeness (QED) is 0.358. The third-order valence-corrected chi connectivity index (χ3v) is 14.1. The van der Waals surface area contributed by atoms with Gasteiger partial charge in [0.2, 0.25) is 0 Å². The molecule has 240 valence electrons. The lowest BCUT2D eigenvalue weighted by Crippen LogP contribution is -2.70. The van der Waals surface area contributed by atoms with Gasteiger partial charge >= 0.3 is 6.03 Å². The summed E-state index contributed by atoms with van der Waals surface area (Å²) >= 11 is 0. The van der Waals surface area contributed by atoms with Crippen molar-refractivity contribution >= 4 is 21.6 Å². The number of hydrogen-bond donors (Lipinski definition) is 1. The number of sulfone groups is 1. The second kappa shape index (κ2) is 11.3. The SMILES string of the molecule is CCC1(CC)N(CC2CCS(=O)(=O)CC2)C(=O)N(C2(O)CCC2)[C@]12CC[C@](c1ccccc1)(N(C)c1ccccc1C)CC2. The number of carbonyl (C=O) groups is 1. The molecule has 44 heavy (non-hydrogen) atoms. The highest BCUT2D eigenvalue weighted by Crippen LogP contribution is 2.61. The molecule has 2 heterocycles. The van der Waals surface area contributed by atoms with E-state index in [0.717, 1.165) is 44.9 Å². The molecule has 2 aliphatic carbocycles. The van der Waals surface area contributed by atoms with Gasteiger partial charge < -0.3 is 14.9 Å². The molecule has 0 radical (unpaired) electrons. The fraction of sp³-hybridized carbons (Fsp3) is 0.639. The number of carbonyl (C=O) groups excluding carboxylic acids is 1. The molecule has 2 aromatic rings. The zero-order valence-electron chi connectivity index (χ0n) is 27.1. The van der Waals surface area contributed by atoms with Crippen molar-refractivity contribution in [2.24, 2.45) is 5.92 Å². The van der Waals surface area contributed by atoms with Gasteiger partial charge in [0, 0.05) is 19.3 Å². The van der Waals surface area contributed by atoms with Crippen LogP contribution < -0.4 is 4.90 Å². The lowest BCUT2D eigenvalue weighted by molar-refractivity contribution is -0.186. The van der Waals surface area contributed by atoms with Crippen molar-refractivity contribution < 1.29 is 18.3 Å². The Morgan fingerprint density at radius 2 is 1.48 bits per heavy atom. The van der Waals surface area contributed by atoms with Crippen LogP contribution in [0.3, 0.4) is 0 Å². The van der Waals surface area contributed by atoms with E-state index in [2.05, 4.69) is 92.2 Å². The lowest BCUT2D eigenvalue weighted by atomic mass is 9.59. The number of anilines is 1. The maximum atomic E-state index is 14.7. The summed E-state index contributed by atoms with van der Waals surface area (Å²) < 4.78 is 24.5. The molecule has 0 bridgehead atoms. The van der Waals surface area contributed by atoms with E-state index in [4.69, 9.17) is 0 Å². The third-order valence-electron chi connectivity index (χ3n) is 12.4. The number of urea groups is 1. The summed E-state index contributed by atoms with van der Waals surface area (Å²) in [6, 6.07) is 19.4. The molecule has 0 atom stereocenters. The van der Waals surface area contributed by atoms with Crippen LogP contribution in [-0.2, 0) is 15.4 Å². The van der Waals surface area contributed by atoms with Gasteiger partial charge in [-0.2, -0.15) is 0 Å². The first-order valence-electron chi connectivity index (χ1n) is 16.9. The van der Waals surface area contributed by atoms with Crippen LogP contribution in [0, 0.1) is 12.8 Å². The predicted molar refractivity (Wildman–Crippen MR) is 176 cm³/mol. The number of hydrogen-bond acceptors (Lipinski definition) is 5. The van der Waals surface area contributed by atoms with E-state index in [1.165, 1.54) is 16.8 Å². The first-order chi connectivity index (χ1) is 21.0. The Kier molecular flexibility index (Phi) is 8.09. The number of rotatable bonds is 8. The van der Waals surface area contributed by atoms with Crippen molar-refractivity contribution in [1.82, 2.24) is 9.80 Å². The molecule has 2 saturated carbocycles. The number of nitrogens with zero attached hydrogens (tertiary/aromatic N) is 3. The van der Waals surface area contributed by atoms with E-state index in [1.807, 2.05) is 4.90 Å². The Hall–Kier alpha value is -2.58. The monoisotopic (exact) mass is 621 g/mol. The topological polar surface area (TPSA) is 81.2 Å². The molecular formula is C36H51N3O4S. The predicted octanol–water partition coefficient (Wildman–Crippen LogP) is 6.63. The van der Waals surface area contributed by atoms with Crippen LogP contribution in [-0.4, -0.2) is 71.3 Å². The maximum Gasteiger partial charge on any atom is 0.323 e. The number of para-hydroxylation sites is 1. The Morgan fingerprint density at radius 1 is 0.886 bits per heavy atom. The standard InChI is InChI=1S/C36H51N3O4S/c1-5-34(6-2)35(39(36(41)19-12-20-36)32(40)38(34)27-29-17-25-44(42,43)26-18-29)23-21-33(22-24-35,30-14-8-7-9-15-30)37(4)31-16-11-10-13-28(31)3/h7-11,13-16,29,41H,5-6,12,17-27H2,1-4H3/t33-,35-. The average molecular weight is 622 g/mol. The molecule has 2 saturated heterocycles. The van der Waals surface area contributed by atoms with Gasteiger partial charge in [-0.05, 0) is 101 Å².